The number of nitrogens with one attached hydrogen (secondary N) is 1. The minimum atomic E-state index is 0.0582. The molecule has 3 fully saturated rings. The number of ether oxygens (including phenoxy) is 1. The largest absolute Gasteiger partial charge is 0.490 e. The van der Waals surface area contributed by atoms with E-state index in [-0.39, 0.29) is 24.1 Å². The Morgan fingerprint density at radius 1 is 1.03 bits per heavy atom. The van der Waals surface area contributed by atoms with Gasteiger partial charge < -0.3 is 15.0 Å². The molecule has 0 radical (unpaired) electrons. The van der Waals surface area contributed by atoms with Crippen LogP contribution in [0.25, 0.3) is 0 Å². The fraction of sp³-hybridized carbons (Fsp3) is 0.462. The summed E-state index contributed by atoms with van der Waals surface area (Å²) in [6.45, 7) is 2.14. The predicted octanol–water partition coefficient (Wildman–Crippen LogP) is 4.89. The molecule has 6 heteroatoms. The van der Waals surface area contributed by atoms with Gasteiger partial charge in [-0.05, 0) is 74.5 Å². The van der Waals surface area contributed by atoms with Crippen LogP contribution in [-0.4, -0.2) is 42.1 Å². The van der Waals surface area contributed by atoms with E-state index in [1.54, 1.807) is 18.2 Å². The normalized spacial score (nSPS) is 25.4. The summed E-state index contributed by atoms with van der Waals surface area (Å²) >= 11 is 6.15. The van der Waals surface area contributed by atoms with Crippen LogP contribution in [0.5, 0.6) is 5.75 Å². The quantitative estimate of drug-likeness (QED) is 0.721. The average molecular weight is 450 g/mol. The third-order valence-electron chi connectivity index (χ3n) is 7.26. The number of rotatable bonds is 4. The van der Waals surface area contributed by atoms with E-state index in [4.69, 9.17) is 21.6 Å². The van der Waals surface area contributed by atoms with Crippen molar-refractivity contribution in [3.63, 3.8) is 0 Å². The number of amides is 1. The van der Waals surface area contributed by atoms with E-state index < -0.39 is 0 Å². The van der Waals surface area contributed by atoms with Crippen LogP contribution in [0.4, 0.5) is 0 Å². The molecule has 1 amide bonds. The maximum absolute atomic E-state index is 13.4. The molecular weight excluding hydrogens is 422 g/mol. The van der Waals surface area contributed by atoms with Crippen molar-refractivity contribution in [3.05, 3.63) is 64.2 Å². The molecule has 166 valence electrons. The minimum absolute atomic E-state index is 0.0582. The second-order valence-electron chi connectivity index (χ2n) is 9.21. The van der Waals surface area contributed by atoms with Crippen LogP contribution in [0.15, 0.2) is 42.5 Å². The zero-order valence-corrected chi connectivity index (χ0v) is 18.9. The highest BCUT2D eigenvalue weighted by Gasteiger charge is 2.44. The summed E-state index contributed by atoms with van der Waals surface area (Å²) in [7, 11) is 0. The van der Waals surface area contributed by atoms with E-state index in [0.29, 0.717) is 22.3 Å². The summed E-state index contributed by atoms with van der Waals surface area (Å²) < 4.78 is 6.20. The Bertz CT molecular complexity index is 1010. The Kier molecular flexibility index (Phi) is 6.08. The van der Waals surface area contributed by atoms with Crippen LogP contribution in [0.1, 0.15) is 65.9 Å². The highest BCUT2D eigenvalue weighted by Crippen LogP contribution is 2.39. The van der Waals surface area contributed by atoms with Crippen molar-refractivity contribution in [2.45, 2.75) is 62.6 Å². The van der Waals surface area contributed by atoms with Crippen LogP contribution in [0.3, 0.4) is 0 Å². The average Bonchev–Trinajstić information content (AvgIpc) is 3.09. The first-order valence-electron chi connectivity index (χ1n) is 11.6. The van der Waals surface area contributed by atoms with Crippen LogP contribution in [0, 0.1) is 11.3 Å². The number of piperidine rings is 2. The molecule has 5 nitrogen and oxygen atoms in total. The van der Waals surface area contributed by atoms with Gasteiger partial charge in [-0.2, -0.15) is 5.26 Å². The van der Waals surface area contributed by atoms with Crippen LogP contribution in [-0.2, 0) is 0 Å². The third-order valence-corrected chi connectivity index (χ3v) is 7.57. The lowest BCUT2D eigenvalue weighted by Gasteiger charge is -2.39. The summed E-state index contributed by atoms with van der Waals surface area (Å²) in [5.74, 6) is 1.43. The van der Waals surface area contributed by atoms with Crippen LogP contribution < -0.4 is 10.1 Å². The Morgan fingerprint density at radius 2 is 1.72 bits per heavy atom. The lowest BCUT2D eigenvalue weighted by atomic mass is 9.89. The molecule has 2 aromatic rings. The van der Waals surface area contributed by atoms with Crippen LogP contribution in [0.2, 0.25) is 5.02 Å². The van der Waals surface area contributed by atoms with E-state index in [1.807, 2.05) is 12.1 Å². The summed E-state index contributed by atoms with van der Waals surface area (Å²) in [6.07, 6.45) is 6.09. The molecule has 3 atom stereocenters. The lowest BCUT2D eigenvalue weighted by molar-refractivity contribution is 0.0359. The molecule has 0 spiro atoms. The number of benzene rings is 2. The summed E-state index contributed by atoms with van der Waals surface area (Å²) in [6, 6.07) is 16.0. The number of nitriles is 1. The Balaban J connectivity index is 1.24. The molecule has 5 rings (SSSR count). The van der Waals surface area contributed by atoms with E-state index in [1.165, 1.54) is 5.56 Å². The first-order valence-corrected chi connectivity index (χ1v) is 12.0. The lowest BCUT2D eigenvalue weighted by Crippen LogP contribution is -2.49. The highest BCUT2D eigenvalue weighted by atomic mass is 35.5. The predicted molar refractivity (Wildman–Crippen MR) is 124 cm³/mol. The van der Waals surface area contributed by atoms with Crippen molar-refractivity contribution in [1.82, 2.24) is 10.2 Å². The number of fused-ring (bicyclic) bond motifs is 2. The van der Waals surface area contributed by atoms with Gasteiger partial charge in [0.15, 0.2) is 0 Å². The molecular formula is C26H28ClN3O2. The summed E-state index contributed by atoms with van der Waals surface area (Å²) in [5.41, 5.74) is 2.59. The molecule has 3 aliphatic rings. The van der Waals surface area contributed by atoms with E-state index in [2.05, 4.69) is 28.4 Å². The van der Waals surface area contributed by atoms with E-state index in [9.17, 15) is 4.79 Å². The number of carbonyl (C=O) groups excluding carboxylic acids is 1. The van der Waals surface area contributed by atoms with Gasteiger partial charge in [0, 0.05) is 36.6 Å². The number of nitrogens with zero attached hydrogens (tertiary/aromatic N) is 2. The second-order valence-corrected chi connectivity index (χ2v) is 9.62. The molecule has 0 saturated carbocycles. The third kappa shape index (κ3) is 4.22. The standard InChI is InChI=1S/C26H28ClN3O2/c27-25-15-23(8-5-20(25)16-28)32-24-13-21-6-7-22(14-24)30(21)26(31)19-3-1-17(2-4-19)18-9-11-29-12-10-18/h1-5,8,15,18,21-22,24,29H,6-7,9-14H2/t21-,22+,24+. The van der Waals surface area contributed by atoms with Gasteiger partial charge in [-0.25, -0.2) is 0 Å². The van der Waals surface area contributed by atoms with Gasteiger partial charge in [0.2, 0.25) is 0 Å². The van der Waals surface area contributed by atoms with Gasteiger partial charge >= 0.3 is 0 Å². The SMILES string of the molecule is N#Cc1ccc(O[C@H]2C[C@H]3CC[C@@H](C2)N3C(=O)c2ccc(C3CCNCC3)cc2)cc1Cl. The van der Waals surface area contributed by atoms with E-state index in [0.717, 1.165) is 57.2 Å². The van der Waals surface area contributed by atoms with Gasteiger partial charge in [-0.3, -0.25) is 4.79 Å². The molecule has 2 aromatic carbocycles. The molecule has 3 heterocycles. The molecule has 2 bridgehead atoms. The van der Waals surface area contributed by atoms with Crippen molar-refractivity contribution in [1.29, 1.82) is 5.26 Å². The Labute approximate surface area is 194 Å². The van der Waals surface area contributed by atoms with Crippen molar-refractivity contribution in [3.8, 4) is 11.8 Å². The maximum Gasteiger partial charge on any atom is 0.254 e. The molecule has 3 aliphatic heterocycles. The van der Waals surface area contributed by atoms with Gasteiger partial charge in [-0.1, -0.05) is 23.7 Å². The van der Waals surface area contributed by atoms with Gasteiger partial charge in [0.05, 0.1) is 10.6 Å². The van der Waals surface area contributed by atoms with Crippen molar-refractivity contribution < 1.29 is 9.53 Å². The summed E-state index contributed by atoms with van der Waals surface area (Å²) in [4.78, 5) is 15.5. The minimum Gasteiger partial charge on any atom is -0.490 e. The Hall–Kier alpha value is -2.55. The first kappa shape index (κ1) is 21.3. The Morgan fingerprint density at radius 3 is 2.34 bits per heavy atom. The van der Waals surface area contributed by atoms with Crippen molar-refractivity contribution >= 4 is 17.5 Å². The molecule has 0 aliphatic carbocycles. The monoisotopic (exact) mass is 449 g/mol. The first-order chi connectivity index (χ1) is 15.6. The van der Waals surface area contributed by atoms with Gasteiger partial charge in [0.1, 0.15) is 17.9 Å². The van der Waals surface area contributed by atoms with Crippen molar-refractivity contribution in [2.75, 3.05) is 13.1 Å². The zero-order valence-electron chi connectivity index (χ0n) is 18.1. The second kappa shape index (κ2) is 9.13. The van der Waals surface area contributed by atoms with E-state index >= 15 is 0 Å². The van der Waals surface area contributed by atoms with Gasteiger partial charge in [-0.15, -0.1) is 0 Å². The molecule has 32 heavy (non-hydrogen) atoms. The smallest absolute Gasteiger partial charge is 0.254 e. The summed E-state index contributed by atoms with van der Waals surface area (Å²) in [5, 5.41) is 12.9. The number of hydrogen-bond acceptors (Lipinski definition) is 4. The topological polar surface area (TPSA) is 65.4 Å². The number of carbonyl (C=O) groups is 1. The van der Waals surface area contributed by atoms with Gasteiger partial charge in [0.25, 0.3) is 5.91 Å². The maximum atomic E-state index is 13.4. The molecule has 1 N–H and O–H groups in total. The zero-order chi connectivity index (χ0) is 22.1. The fourth-order valence-electron chi connectivity index (χ4n) is 5.61. The van der Waals surface area contributed by atoms with Crippen molar-refractivity contribution in [2.24, 2.45) is 0 Å². The number of halogens is 1. The molecule has 0 aromatic heterocycles. The molecule has 0 unspecified atom stereocenters. The number of hydrogen-bond donors (Lipinski definition) is 1. The van der Waals surface area contributed by atoms with Crippen LogP contribution >= 0.6 is 11.6 Å². The fourth-order valence-corrected chi connectivity index (χ4v) is 5.82. The highest BCUT2D eigenvalue weighted by molar-refractivity contribution is 6.31. The molecule has 3 saturated heterocycles.